The summed E-state index contributed by atoms with van der Waals surface area (Å²) in [5, 5.41) is 2.55. The van der Waals surface area contributed by atoms with Gasteiger partial charge in [-0.2, -0.15) is 4.98 Å². The number of hydrogen-bond donors (Lipinski definition) is 1. The maximum Gasteiger partial charge on any atom is 0.283 e. The molecule has 2 aromatic rings. The van der Waals surface area contributed by atoms with Crippen LogP contribution in [0.5, 0.6) is 0 Å². The van der Waals surface area contributed by atoms with Crippen LogP contribution in [0.4, 0.5) is 5.95 Å². The van der Waals surface area contributed by atoms with E-state index in [1.165, 1.54) is 4.57 Å². The summed E-state index contributed by atoms with van der Waals surface area (Å²) in [6.07, 6.45) is -0.242. The van der Waals surface area contributed by atoms with Gasteiger partial charge in [-0.1, -0.05) is 62.3 Å². The Balaban J connectivity index is 1.67. The van der Waals surface area contributed by atoms with Crippen LogP contribution in [-0.4, -0.2) is 73.9 Å². The van der Waals surface area contributed by atoms with Crippen molar-refractivity contribution in [3.63, 3.8) is 0 Å². The van der Waals surface area contributed by atoms with Gasteiger partial charge in [-0.25, -0.2) is 4.98 Å². The molecule has 0 aromatic carbocycles. The van der Waals surface area contributed by atoms with Crippen LogP contribution in [0.15, 0.2) is 11.1 Å². The Morgan fingerprint density at radius 2 is 1.39 bits per heavy atom. The van der Waals surface area contributed by atoms with E-state index in [0.717, 1.165) is 0 Å². The summed E-state index contributed by atoms with van der Waals surface area (Å²) in [5.74, 6) is -0.0655. The first kappa shape index (κ1) is 33.7. The molecular weight excluding hydrogens is 611 g/mol. The predicted octanol–water partition coefficient (Wildman–Crippen LogP) is 6.00. The number of ether oxygens (including phenoxy) is 1. The normalized spacial score (nSPS) is 27.9. The van der Waals surface area contributed by atoms with E-state index in [4.69, 9.17) is 18.0 Å². The molecule has 3 aliphatic rings. The molecule has 1 aliphatic carbocycles. The molecule has 0 bridgehead atoms. The maximum absolute atomic E-state index is 13.3. The van der Waals surface area contributed by atoms with E-state index >= 15 is 0 Å². The van der Waals surface area contributed by atoms with E-state index in [-0.39, 0.29) is 56.8 Å². The lowest BCUT2D eigenvalue weighted by Gasteiger charge is -2.46. The molecule has 2 aliphatic heterocycles. The van der Waals surface area contributed by atoms with Crippen molar-refractivity contribution in [3.8, 4) is 0 Å². The van der Waals surface area contributed by atoms with Crippen LogP contribution in [0.3, 0.4) is 0 Å². The number of nitrogens with zero attached hydrogens (tertiary/aromatic N) is 4. The Labute approximate surface area is 264 Å². The second kappa shape index (κ2) is 9.91. The summed E-state index contributed by atoms with van der Waals surface area (Å²) >= 11 is 0. The van der Waals surface area contributed by atoms with Gasteiger partial charge in [-0.15, -0.1) is 0 Å². The highest BCUT2D eigenvalue weighted by Gasteiger charge is 2.82. The molecular formula is C30H53N5O6Si3. The predicted molar refractivity (Wildman–Crippen MR) is 179 cm³/mol. The number of hydrogen-bond acceptors (Lipinski definition) is 8. The maximum atomic E-state index is 13.3. The molecule has 1 saturated heterocycles. The van der Waals surface area contributed by atoms with Crippen molar-refractivity contribution in [3.05, 3.63) is 16.7 Å². The minimum absolute atomic E-state index is 0.00525. The van der Waals surface area contributed by atoms with E-state index in [1.807, 2.05) is 0 Å². The van der Waals surface area contributed by atoms with Gasteiger partial charge in [0.05, 0.1) is 6.33 Å². The minimum atomic E-state index is -2.40. The number of nitrogens with one attached hydrogen (secondary N) is 1. The first-order valence-electron chi connectivity index (χ1n) is 15.7. The van der Waals surface area contributed by atoms with Crippen LogP contribution in [0.2, 0.25) is 54.4 Å². The Kier molecular flexibility index (Phi) is 7.58. The van der Waals surface area contributed by atoms with Gasteiger partial charge in [0.25, 0.3) is 5.56 Å². The second-order valence-electron chi connectivity index (χ2n) is 17.5. The van der Waals surface area contributed by atoms with E-state index in [9.17, 15) is 9.59 Å². The minimum Gasteiger partial charge on any atom is -0.408 e. The average Bonchev–Trinajstić information content (AvgIpc) is 3.20. The lowest BCUT2D eigenvalue weighted by Crippen LogP contribution is -2.56. The number of anilines is 1. The molecule has 44 heavy (non-hydrogen) atoms. The molecule has 2 aromatic heterocycles. The largest absolute Gasteiger partial charge is 0.408 e. The van der Waals surface area contributed by atoms with Gasteiger partial charge in [0.2, 0.25) is 11.9 Å². The standard InChI is InChI=1S/C30H53N5O6Si3/c1-27(2,3)42(10,11)39-21-20-30(21,41-44(14,15)29(7,8)9)22(40-43(12,13)28(4,5)6)25(38-20)35-17-31-19-23(35)33-26-32-18(36)16-34(26)24(19)37/h17,20-22,25H,16H2,1-15H3,(H,32,33,36)/t20-,21?,22?,25-,30?/m1/s1. The Hall–Kier alpha value is -1.69. The fraction of sp³-hybridized carbons (Fsp3) is 0.800. The molecule has 4 heterocycles. The van der Waals surface area contributed by atoms with Gasteiger partial charge in [0.1, 0.15) is 30.5 Å². The zero-order valence-electron chi connectivity index (χ0n) is 29.3. The van der Waals surface area contributed by atoms with E-state index < -0.39 is 42.9 Å². The summed E-state index contributed by atoms with van der Waals surface area (Å²) in [6.45, 7) is 33.6. The summed E-state index contributed by atoms with van der Waals surface area (Å²) < 4.78 is 32.0. The molecule has 5 atom stereocenters. The Morgan fingerprint density at radius 1 is 0.864 bits per heavy atom. The second-order valence-corrected chi connectivity index (χ2v) is 31.7. The molecule has 5 rings (SSSR count). The van der Waals surface area contributed by atoms with Crippen LogP contribution in [0, 0.1) is 0 Å². The summed E-state index contributed by atoms with van der Waals surface area (Å²) in [6, 6.07) is 0. The number of fused-ring (bicyclic) bond motifs is 3. The van der Waals surface area contributed by atoms with Crippen LogP contribution in [0.25, 0.3) is 11.2 Å². The third-order valence-electron chi connectivity index (χ3n) is 11.2. The SMILES string of the molecule is CC(C)(C)[Si](C)(C)OC1[C@H](n2cnc3c(=O)n4c(nc32)NC(=O)C4)O[C@@H]2C(O[Si](C)(C)C(C)(C)C)C12O[Si](C)(C)C(C)(C)C. The molecule has 14 heteroatoms. The Bertz CT molecular complexity index is 1550. The van der Waals surface area contributed by atoms with Gasteiger partial charge >= 0.3 is 0 Å². The highest BCUT2D eigenvalue weighted by atomic mass is 28.4. The zero-order valence-corrected chi connectivity index (χ0v) is 32.3. The third kappa shape index (κ3) is 5.12. The number of rotatable bonds is 7. The van der Waals surface area contributed by atoms with E-state index in [2.05, 4.69) is 117 Å². The highest BCUT2D eigenvalue weighted by Crippen LogP contribution is 2.64. The van der Waals surface area contributed by atoms with E-state index in [0.29, 0.717) is 5.65 Å². The number of aromatic nitrogens is 4. The number of imidazole rings is 1. The fourth-order valence-electron chi connectivity index (χ4n) is 5.28. The summed E-state index contributed by atoms with van der Waals surface area (Å²) in [4.78, 5) is 34.6. The quantitative estimate of drug-likeness (QED) is 0.359. The monoisotopic (exact) mass is 663 g/mol. The van der Waals surface area contributed by atoms with Crippen LogP contribution in [0.1, 0.15) is 68.5 Å². The van der Waals surface area contributed by atoms with Gasteiger partial charge in [0, 0.05) is 0 Å². The van der Waals surface area contributed by atoms with Crippen LogP contribution in [-0.2, 0) is 29.4 Å². The molecule has 0 radical (unpaired) electrons. The van der Waals surface area contributed by atoms with Crippen molar-refractivity contribution < 1.29 is 22.8 Å². The summed E-state index contributed by atoms with van der Waals surface area (Å²) in [5.41, 5.74) is -0.662. The molecule has 1 saturated carbocycles. The van der Waals surface area contributed by atoms with Crippen molar-refractivity contribution >= 4 is 48.0 Å². The molecule has 0 spiro atoms. The average molecular weight is 664 g/mol. The summed E-state index contributed by atoms with van der Waals surface area (Å²) in [7, 11) is -7.01. The highest BCUT2D eigenvalue weighted by molar-refractivity contribution is 6.75. The van der Waals surface area contributed by atoms with E-state index in [1.54, 1.807) is 10.9 Å². The number of carbonyl (C=O) groups is 1. The third-order valence-corrected chi connectivity index (χ3v) is 24.6. The van der Waals surface area contributed by atoms with Crippen molar-refractivity contribution in [2.75, 3.05) is 5.32 Å². The van der Waals surface area contributed by atoms with Gasteiger partial charge in [-0.05, 0) is 54.4 Å². The van der Waals surface area contributed by atoms with Gasteiger partial charge < -0.3 is 18.0 Å². The Morgan fingerprint density at radius 3 is 1.91 bits per heavy atom. The molecule has 2 fully saturated rings. The lowest BCUT2D eigenvalue weighted by molar-refractivity contribution is -0.115. The van der Waals surface area contributed by atoms with Crippen molar-refractivity contribution in [2.24, 2.45) is 0 Å². The fourth-order valence-corrected chi connectivity index (χ4v) is 9.40. The topological polar surface area (TPSA) is 119 Å². The first-order chi connectivity index (χ1) is 19.8. The van der Waals surface area contributed by atoms with Crippen molar-refractivity contribution in [1.29, 1.82) is 0 Å². The first-order valence-corrected chi connectivity index (χ1v) is 24.5. The number of amides is 1. The van der Waals surface area contributed by atoms with Gasteiger partial charge in [-0.3, -0.25) is 24.0 Å². The molecule has 246 valence electrons. The van der Waals surface area contributed by atoms with Crippen molar-refractivity contribution in [2.45, 2.75) is 153 Å². The number of carbonyl (C=O) groups excluding carboxylic acids is 1. The zero-order chi connectivity index (χ0) is 33.2. The van der Waals surface area contributed by atoms with Gasteiger partial charge in [0.15, 0.2) is 42.3 Å². The lowest BCUT2D eigenvalue weighted by atomic mass is 10.1. The molecule has 11 nitrogen and oxygen atoms in total. The molecule has 1 N–H and O–H groups in total. The van der Waals surface area contributed by atoms with Crippen LogP contribution >= 0.6 is 0 Å². The van der Waals surface area contributed by atoms with Crippen LogP contribution < -0.4 is 10.9 Å². The van der Waals surface area contributed by atoms with Crippen molar-refractivity contribution in [1.82, 2.24) is 19.1 Å². The molecule has 1 amide bonds. The molecule has 3 unspecified atom stereocenters. The smallest absolute Gasteiger partial charge is 0.283 e.